The van der Waals surface area contributed by atoms with Crippen LogP contribution in [0.15, 0.2) is 24.3 Å². The molecule has 1 N–H and O–H groups in total. The summed E-state index contributed by atoms with van der Waals surface area (Å²) in [7, 11) is -0.124. The van der Waals surface area contributed by atoms with Crippen molar-refractivity contribution in [1.82, 2.24) is 0 Å². The van der Waals surface area contributed by atoms with Gasteiger partial charge < -0.3 is 18.9 Å². The van der Waals surface area contributed by atoms with E-state index in [4.69, 9.17) is 18.5 Å². The van der Waals surface area contributed by atoms with E-state index in [0.29, 0.717) is 19.3 Å². The molecular weight excluding hydrogens is 737 g/mol. The molecule has 1 heterocycles. The van der Waals surface area contributed by atoms with Gasteiger partial charge in [0.05, 0.1) is 39.9 Å². The molecular formula is C47H89NO8P+. The molecule has 0 aromatic rings. The first-order valence-electron chi connectivity index (χ1n) is 23.7. The van der Waals surface area contributed by atoms with Crippen molar-refractivity contribution in [3.63, 3.8) is 0 Å². The molecule has 1 aliphatic heterocycles. The van der Waals surface area contributed by atoms with Crippen LogP contribution in [0.25, 0.3) is 0 Å². The third-order valence-corrected chi connectivity index (χ3v) is 12.1. The number of phosphoric acid groups is 1. The van der Waals surface area contributed by atoms with Crippen LogP contribution in [-0.4, -0.2) is 73.9 Å². The number of carbonyl (C=O) groups is 2. The van der Waals surface area contributed by atoms with Crippen LogP contribution in [0.3, 0.4) is 0 Å². The predicted molar refractivity (Wildman–Crippen MR) is 236 cm³/mol. The number of quaternary nitrogens is 1. The Bertz CT molecular complexity index is 1080. The Labute approximate surface area is 350 Å². The molecule has 0 radical (unpaired) electrons. The van der Waals surface area contributed by atoms with Crippen molar-refractivity contribution in [3.05, 3.63) is 24.3 Å². The molecule has 0 amide bonds. The summed E-state index contributed by atoms with van der Waals surface area (Å²) in [6, 6.07) is 0. The Morgan fingerprint density at radius 2 is 1.05 bits per heavy atom. The highest BCUT2D eigenvalue weighted by Crippen LogP contribution is 2.46. The molecule has 0 aliphatic carbocycles. The van der Waals surface area contributed by atoms with Crippen LogP contribution in [0.5, 0.6) is 0 Å². The van der Waals surface area contributed by atoms with Crippen LogP contribution in [0.2, 0.25) is 0 Å². The molecule has 1 rings (SSSR count). The maximum absolute atomic E-state index is 12.9. The second kappa shape index (κ2) is 36.4. The standard InChI is InChI=1S/C47H88NO8P/c1-5-7-9-11-13-15-17-19-21-23-25-27-29-31-33-37-46(49)53-42-45(43-54-57(51,52)56-44-36-35-40-48(3,4)41-39-44)55-47(50)38-34-32-30-28-26-24-22-20-18-16-14-12-10-8-6-2/h19-22,44-45H,5-18,23-43H2,1-4H3/p+1/b21-19-,22-20-/t44?,45-/m1/s1. The fourth-order valence-corrected chi connectivity index (χ4v) is 8.30. The van der Waals surface area contributed by atoms with E-state index in [1.807, 2.05) is 0 Å². The molecule has 1 aliphatic rings. The van der Waals surface area contributed by atoms with E-state index in [2.05, 4.69) is 52.2 Å². The minimum absolute atomic E-state index is 0.225. The van der Waals surface area contributed by atoms with Gasteiger partial charge in [0.15, 0.2) is 6.10 Å². The molecule has 0 aromatic heterocycles. The Balaban J connectivity index is 2.38. The summed E-state index contributed by atoms with van der Waals surface area (Å²) >= 11 is 0. The number of hydrogen-bond donors (Lipinski definition) is 1. The second-order valence-electron chi connectivity index (χ2n) is 17.3. The molecule has 57 heavy (non-hydrogen) atoms. The lowest BCUT2D eigenvalue weighted by atomic mass is 10.1. The number of rotatable bonds is 38. The fourth-order valence-electron chi connectivity index (χ4n) is 7.30. The fraction of sp³-hybridized carbons (Fsp3) is 0.872. The quantitative estimate of drug-likeness (QED) is 0.0215. The van der Waals surface area contributed by atoms with E-state index >= 15 is 0 Å². The summed E-state index contributed by atoms with van der Waals surface area (Å²) in [5.74, 6) is -0.791. The molecule has 334 valence electrons. The van der Waals surface area contributed by atoms with Crippen LogP contribution in [0, 0.1) is 0 Å². The van der Waals surface area contributed by atoms with Gasteiger partial charge in [0.25, 0.3) is 0 Å². The van der Waals surface area contributed by atoms with Gasteiger partial charge in [-0.3, -0.25) is 18.6 Å². The minimum atomic E-state index is -4.41. The summed E-state index contributed by atoms with van der Waals surface area (Å²) in [5.41, 5.74) is 0. The van der Waals surface area contributed by atoms with E-state index in [1.165, 1.54) is 89.9 Å². The first-order valence-corrected chi connectivity index (χ1v) is 25.2. The van der Waals surface area contributed by atoms with Crippen molar-refractivity contribution in [1.29, 1.82) is 0 Å². The van der Waals surface area contributed by atoms with Gasteiger partial charge in [0, 0.05) is 19.3 Å². The zero-order valence-electron chi connectivity index (χ0n) is 37.4. The number of esters is 2. The predicted octanol–water partition coefficient (Wildman–Crippen LogP) is 13.3. The number of allylic oxidation sites excluding steroid dienone is 4. The number of nitrogens with zero attached hydrogens (tertiary/aromatic N) is 1. The van der Waals surface area contributed by atoms with E-state index in [-0.39, 0.29) is 38.1 Å². The third-order valence-electron chi connectivity index (χ3n) is 11.1. The van der Waals surface area contributed by atoms with Crippen molar-refractivity contribution < 1.29 is 42.1 Å². The maximum atomic E-state index is 12.9. The molecule has 0 aromatic carbocycles. The summed E-state index contributed by atoms with van der Waals surface area (Å²) in [6.07, 6.45) is 41.3. The van der Waals surface area contributed by atoms with Gasteiger partial charge in [-0.15, -0.1) is 0 Å². The van der Waals surface area contributed by atoms with Gasteiger partial charge in [0.2, 0.25) is 0 Å². The van der Waals surface area contributed by atoms with Gasteiger partial charge in [0.1, 0.15) is 6.61 Å². The lowest BCUT2D eigenvalue weighted by molar-refractivity contribution is -0.889. The van der Waals surface area contributed by atoms with Gasteiger partial charge >= 0.3 is 19.8 Å². The summed E-state index contributed by atoms with van der Waals surface area (Å²) in [6.45, 7) is 5.71. The number of carbonyl (C=O) groups excluding carboxylic acids is 2. The summed E-state index contributed by atoms with van der Waals surface area (Å²) < 4.78 is 35.8. The zero-order chi connectivity index (χ0) is 41.7. The van der Waals surface area contributed by atoms with Crippen LogP contribution in [0.4, 0.5) is 0 Å². The van der Waals surface area contributed by atoms with Crippen LogP contribution in [0.1, 0.15) is 213 Å². The average Bonchev–Trinajstić information content (AvgIpc) is 3.34. The van der Waals surface area contributed by atoms with Crippen molar-refractivity contribution >= 4 is 19.8 Å². The summed E-state index contributed by atoms with van der Waals surface area (Å²) in [4.78, 5) is 36.0. The largest absolute Gasteiger partial charge is 0.472 e. The van der Waals surface area contributed by atoms with E-state index in [9.17, 15) is 19.0 Å². The van der Waals surface area contributed by atoms with Gasteiger partial charge in [-0.1, -0.05) is 141 Å². The Kier molecular flexibility index (Phi) is 34.1. The normalized spacial score (nSPS) is 17.5. The molecule has 1 fully saturated rings. The first kappa shape index (κ1) is 53.5. The minimum Gasteiger partial charge on any atom is -0.462 e. The van der Waals surface area contributed by atoms with Crippen molar-refractivity contribution in [2.45, 2.75) is 225 Å². The number of likely N-dealkylation sites (tertiary alicyclic amines) is 1. The molecule has 0 bridgehead atoms. The van der Waals surface area contributed by atoms with E-state index in [0.717, 1.165) is 94.6 Å². The van der Waals surface area contributed by atoms with Crippen molar-refractivity contribution in [3.8, 4) is 0 Å². The van der Waals surface area contributed by atoms with Gasteiger partial charge in [-0.2, -0.15) is 0 Å². The highest BCUT2D eigenvalue weighted by atomic mass is 31.2. The third kappa shape index (κ3) is 35.0. The number of hydrogen-bond acceptors (Lipinski definition) is 7. The van der Waals surface area contributed by atoms with Gasteiger partial charge in [-0.05, 0) is 77.0 Å². The molecule has 0 spiro atoms. The average molecular weight is 827 g/mol. The molecule has 1 saturated heterocycles. The molecule has 3 atom stereocenters. The van der Waals surface area contributed by atoms with Gasteiger partial charge in [-0.25, -0.2) is 4.57 Å². The number of ether oxygens (including phenoxy) is 2. The first-order chi connectivity index (χ1) is 27.6. The maximum Gasteiger partial charge on any atom is 0.472 e. The Morgan fingerprint density at radius 1 is 0.614 bits per heavy atom. The summed E-state index contributed by atoms with van der Waals surface area (Å²) in [5, 5.41) is 0. The Hall–Kier alpha value is -1.51. The van der Waals surface area contributed by atoms with Crippen LogP contribution in [-0.2, 0) is 32.7 Å². The van der Waals surface area contributed by atoms with Crippen molar-refractivity contribution in [2.24, 2.45) is 0 Å². The Morgan fingerprint density at radius 3 is 1.54 bits per heavy atom. The van der Waals surface area contributed by atoms with Crippen molar-refractivity contribution in [2.75, 3.05) is 40.4 Å². The zero-order valence-corrected chi connectivity index (χ0v) is 38.3. The molecule has 10 heteroatoms. The SMILES string of the molecule is CCCCCCCC/C=C\CCCCCCCC(=O)OC[C@H](COP(=O)(O)OC1CCC[N+](C)(C)CC1)OC(=O)CCCCCCC/C=C\CCCCCCCC. The number of unbranched alkanes of at least 4 members (excludes halogenated alkanes) is 22. The topological polar surface area (TPSA) is 108 Å². The van der Waals surface area contributed by atoms with Crippen LogP contribution >= 0.6 is 7.82 Å². The monoisotopic (exact) mass is 827 g/mol. The molecule has 9 nitrogen and oxygen atoms in total. The number of phosphoric ester groups is 1. The highest BCUT2D eigenvalue weighted by molar-refractivity contribution is 7.47. The molecule has 2 unspecified atom stereocenters. The highest BCUT2D eigenvalue weighted by Gasteiger charge is 2.32. The second-order valence-corrected chi connectivity index (χ2v) is 18.7. The lowest BCUT2D eigenvalue weighted by Gasteiger charge is -2.28. The van der Waals surface area contributed by atoms with Crippen LogP contribution < -0.4 is 0 Å². The van der Waals surface area contributed by atoms with E-state index in [1.54, 1.807) is 0 Å². The molecule has 0 saturated carbocycles. The van der Waals surface area contributed by atoms with E-state index < -0.39 is 19.9 Å². The smallest absolute Gasteiger partial charge is 0.462 e. The lowest BCUT2D eigenvalue weighted by Crippen LogP contribution is -2.40.